The predicted molar refractivity (Wildman–Crippen MR) is 90.3 cm³/mol. The lowest BCUT2D eigenvalue weighted by Gasteiger charge is -2.39. The van der Waals surface area contributed by atoms with Crippen LogP contribution in [0.4, 0.5) is 0 Å². The minimum atomic E-state index is -3.59. The van der Waals surface area contributed by atoms with E-state index in [1.807, 2.05) is 24.3 Å². The van der Waals surface area contributed by atoms with Crippen LogP contribution in [0.3, 0.4) is 0 Å². The van der Waals surface area contributed by atoms with E-state index in [4.69, 9.17) is 11.6 Å². The molecule has 0 aliphatic carbocycles. The summed E-state index contributed by atoms with van der Waals surface area (Å²) in [4.78, 5) is 13.7. The fourth-order valence-electron chi connectivity index (χ4n) is 2.38. The summed E-state index contributed by atoms with van der Waals surface area (Å²) in [5, 5.41) is 2.37. The van der Waals surface area contributed by atoms with E-state index >= 15 is 0 Å². The molecule has 1 saturated heterocycles. The van der Waals surface area contributed by atoms with Gasteiger partial charge in [-0.15, -0.1) is 11.3 Å². The number of halogens is 1. The largest absolute Gasteiger partial charge is 0.340 e. The molecule has 1 aliphatic rings. The van der Waals surface area contributed by atoms with E-state index in [1.54, 1.807) is 16.3 Å². The molecule has 0 saturated carbocycles. The van der Waals surface area contributed by atoms with Crippen molar-refractivity contribution in [2.24, 2.45) is 0 Å². The molecule has 5 nitrogen and oxygen atoms in total. The monoisotopic (exact) mass is 370 g/mol. The van der Waals surface area contributed by atoms with Gasteiger partial charge in [-0.25, -0.2) is 13.1 Å². The molecule has 2 aromatic rings. The zero-order valence-corrected chi connectivity index (χ0v) is 14.5. The third-order valence-electron chi connectivity index (χ3n) is 3.75. The van der Waals surface area contributed by atoms with E-state index in [2.05, 4.69) is 4.72 Å². The summed E-state index contributed by atoms with van der Waals surface area (Å²) in [7, 11) is -3.59. The molecule has 8 heteroatoms. The molecule has 0 radical (unpaired) electrons. The number of amides is 1. The molecule has 1 fully saturated rings. The molecule has 0 unspecified atom stereocenters. The number of likely N-dealkylation sites (tertiary alicyclic amines) is 1. The topological polar surface area (TPSA) is 66.5 Å². The van der Waals surface area contributed by atoms with Crippen LogP contribution in [0, 0.1) is 0 Å². The number of hydrogen-bond donors (Lipinski definition) is 1. The maximum absolute atomic E-state index is 12.1. The van der Waals surface area contributed by atoms with Gasteiger partial charge in [-0.1, -0.05) is 29.8 Å². The normalized spacial score (nSPS) is 15.4. The number of carbonyl (C=O) groups excluding carboxylic acids is 1. The molecular formula is C15H15ClN2O3S2. The molecule has 1 N–H and O–H groups in total. The van der Waals surface area contributed by atoms with Crippen LogP contribution in [-0.2, 0) is 14.8 Å². The van der Waals surface area contributed by atoms with Gasteiger partial charge >= 0.3 is 0 Å². The molecular weight excluding hydrogens is 356 g/mol. The highest BCUT2D eigenvalue weighted by molar-refractivity contribution is 7.91. The maximum Gasteiger partial charge on any atom is 0.250 e. The molecule has 1 aliphatic heterocycles. The zero-order chi connectivity index (χ0) is 16.4. The molecule has 1 amide bonds. The molecule has 3 rings (SSSR count). The van der Waals surface area contributed by atoms with E-state index < -0.39 is 10.0 Å². The summed E-state index contributed by atoms with van der Waals surface area (Å²) in [6.45, 7) is 0.982. The van der Waals surface area contributed by atoms with Gasteiger partial charge in [0.1, 0.15) is 4.21 Å². The van der Waals surface area contributed by atoms with Gasteiger partial charge in [-0.05, 0) is 29.1 Å². The minimum Gasteiger partial charge on any atom is -0.340 e. The number of rotatable bonds is 5. The van der Waals surface area contributed by atoms with Crippen molar-refractivity contribution in [3.8, 4) is 0 Å². The zero-order valence-electron chi connectivity index (χ0n) is 12.1. The van der Waals surface area contributed by atoms with Gasteiger partial charge in [0.2, 0.25) is 5.91 Å². The summed E-state index contributed by atoms with van der Waals surface area (Å²) in [5.74, 6) is 0.0699. The van der Waals surface area contributed by atoms with Crippen LogP contribution < -0.4 is 4.72 Å². The first-order valence-corrected chi connectivity index (χ1v) is 9.76. The van der Waals surface area contributed by atoms with Crippen LogP contribution in [0.1, 0.15) is 11.5 Å². The van der Waals surface area contributed by atoms with Crippen molar-refractivity contribution in [3.63, 3.8) is 0 Å². The Morgan fingerprint density at radius 2 is 1.96 bits per heavy atom. The van der Waals surface area contributed by atoms with E-state index in [0.717, 1.165) is 16.9 Å². The Bertz CT molecular complexity index is 783. The fraction of sp³-hybridized carbons (Fsp3) is 0.267. The number of nitrogens with one attached hydrogen (secondary N) is 1. The summed E-state index contributed by atoms with van der Waals surface area (Å²) >= 11 is 6.98. The number of carbonyl (C=O) groups is 1. The average molecular weight is 371 g/mol. The highest BCUT2D eigenvalue weighted by atomic mass is 35.5. The van der Waals surface area contributed by atoms with Gasteiger partial charge in [0.15, 0.2) is 0 Å². The van der Waals surface area contributed by atoms with Crippen molar-refractivity contribution < 1.29 is 13.2 Å². The maximum atomic E-state index is 12.1. The SMILES string of the molecule is O=C(CNS(=O)(=O)c1cccs1)N1CC(c2ccc(Cl)cc2)C1. The second kappa shape index (κ2) is 6.60. The van der Waals surface area contributed by atoms with Gasteiger partial charge in [-0.2, -0.15) is 0 Å². The number of hydrogen-bond acceptors (Lipinski definition) is 4. The second-order valence-electron chi connectivity index (χ2n) is 5.30. The Balaban J connectivity index is 1.50. The smallest absolute Gasteiger partial charge is 0.250 e. The minimum absolute atomic E-state index is 0.213. The van der Waals surface area contributed by atoms with Crippen molar-refractivity contribution in [1.29, 1.82) is 0 Å². The van der Waals surface area contributed by atoms with E-state index in [9.17, 15) is 13.2 Å². The van der Waals surface area contributed by atoms with Gasteiger partial charge in [-0.3, -0.25) is 4.79 Å². The summed E-state index contributed by atoms with van der Waals surface area (Å²) < 4.78 is 26.5. The van der Waals surface area contributed by atoms with E-state index in [-0.39, 0.29) is 22.6 Å². The second-order valence-corrected chi connectivity index (χ2v) is 8.68. The molecule has 0 spiro atoms. The Morgan fingerprint density at radius 1 is 1.26 bits per heavy atom. The molecule has 1 aromatic carbocycles. The Morgan fingerprint density at radius 3 is 2.57 bits per heavy atom. The van der Waals surface area contributed by atoms with Gasteiger partial charge in [0.05, 0.1) is 6.54 Å². The van der Waals surface area contributed by atoms with Crippen molar-refractivity contribution in [2.45, 2.75) is 10.1 Å². The summed E-state index contributed by atoms with van der Waals surface area (Å²) in [6, 6.07) is 10.7. The van der Waals surface area contributed by atoms with Crippen LogP contribution in [0.25, 0.3) is 0 Å². The molecule has 122 valence electrons. The lowest BCUT2D eigenvalue weighted by atomic mass is 9.91. The standard InChI is InChI=1S/C15H15ClN2O3S2/c16-13-5-3-11(4-6-13)12-9-18(10-12)14(19)8-17-23(20,21)15-2-1-7-22-15/h1-7,12,17H,8-10H2. The molecule has 0 bridgehead atoms. The third kappa shape index (κ3) is 3.74. The first-order chi connectivity index (χ1) is 11.0. The Kier molecular flexibility index (Phi) is 4.72. The van der Waals surface area contributed by atoms with Gasteiger partial charge < -0.3 is 4.90 Å². The number of thiophene rings is 1. The highest BCUT2D eigenvalue weighted by Gasteiger charge is 2.32. The Hall–Kier alpha value is -1.41. The van der Waals surface area contributed by atoms with Gasteiger partial charge in [0.25, 0.3) is 10.0 Å². The summed E-state index contributed by atoms with van der Waals surface area (Å²) in [5.41, 5.74) is 1.14. The average Bonchev–Trinajstić information content (AvgIpc) is 3.01. The van der Waals surface area contributed by atoms with Crippen LogP contribution >= 0.6 is 22.9 Å². The highest BCUT2D eigenvalue weighted by Crippen LogP contribution is 2.27. The lowest BCUT2D eigenvalue weighted by molar-refractivity contribution is -0.134. The van der Waals surface area contributed by atoms with E-state index in [0.29, 0.717) is 18.1 Å². The molecule has 2 heterocycles. The van der Waals surface area contributed by atoms with Crippen LogP contribution in [-0.4, -0.2) is 38.9 Å². The third-order valence-corrected chi connectivity index (χ3v) is 6.80. The quantitative estimate of drug-likeness (QED) is 0.878. The predicted octanol–water partition coefficient (Wildman–Crippen LogP) is 2.31. The summed E-state index contributed by atoms with van der Waals surface area (Å²) in [6.07, 6.45) is 0. The lowest BCUT2D eigenvalue weighted by Crippen LogP contribution is -2.51. The van der Waals surface area contributed by atoms with Crippen LogP contribution in [0.2, 0.25) is 5.02 Å². The Labute approximate surface area is 143 Å². The number of sulfonamides is 1. The first-order valence-electron chi connectivity index (χ1n) is 7.02. The van der Waals surface area contributed by atoms with Crippen LogP contribution in [0.5, 0.6) is 0 Å². The molecule has 1 aromatic heterocycles. The van der Waals surface area contributed by atoms with Crippen molar-refractivity contribution in [2.75, 3.05) is 19.6 Å². The van der Waals surface area contributed by atoms with Crippen LogP contribution in [0.15, 0.2) is 46.0 Å². The van der Waals surface area contributed by atoms with E-state index in [1.165, 1.54) is 6.07 Å². The number of nitrogens with zero attached hydrogens (tertiary/aromatic N) is 1. The van der Waals surface area contributed by atoms with Crippen molar-refractivity contribution in [1.82, 2.24) is 9.62 Å². The molecule has 0 atom stereocenters. The fourth-order valence-corrected chi connectivity index (χ4v) is 4.52. The van der Waals surface area contributed by atoms with Gasteiger partial charge in [0, 0.05) is 24.0 Å². The molecule has 23 heavy (non-hydrogen) atoms. The van der Waals surface area contributed by atoms with Crippen molar-refractivity contribution in [3.05, 3.63) is 52.4 Å². The number of benzene rings is 1. The first kappa shape index (κ1) is 16.4. The van der Waals surface area contributed by atoms with Crippen molar-refractivity contribution >= 4 is 38.9 Å².